The number of carbonyl (C=O) groups excluding carboxylic acids is 1. The number of aromatic nitrogens is 2. The van der Waals surface area contributed by atoms with Crippen LogP contribution in [-0.4, -0.2) is 15.8 Å². The smallest absolute Gasteiger partial charge is 0.143 e. The second-order valence-corrected chi connectivity index (χ2v) is 5.74. The third kappa shape index (κ3) is 3.71. The topological polar surface area (TPSA) is 42.9 Å². The van der Waals surface area contributed by atoms with Gasteiger partial charge in [0.2, 0.25) is 0 Å². The number of ketones is 1. The van der Waals surface area contributed by atoms with Crippen LogP contribution in [0.1, 0.15) is 16.3 Å². The zero-order chi connectivity index (χ0) is 12.3. The van der Waals surface area contributed by atoms with Gasteiger partial charge < -0.3 is 0 Å². The lowest BCUT2D eigenvalue weighted by molar-refractivity contribution is -0.117. The van der Waals surface area contributed by atoms with E-state index >= 15 is 0 Å². The van der Waals surface area contributed by atoms with E-state index in [0.717, 1.165) is 20.7 Å². The van der Waals surface area contributed by atoms with Gasteiger partial charge in [0.25, 0.3) is 0 Å². The molecule has 2 rings (SSSR count). The van der Waals surface area contributed by atoms with Crippen LogP contribution in [0.2, 0.25) is 0 Å². The maximum atomic E-state index is 11.8. The van der Waals surface area contributed by atoms with Gasteiger partial charge in [-0.2, -0.15) is 0 Å². The molecule has 0 aliphatic heterocycles. The lowest BCUT2D eigenvalue weighted by Crippen LogP contribution is -2.07. The van der Waals surface area contributed by atoms with Crippen molar-refractivity contribution in [3.8, 4) is 0 Å². The van der Waals surface area contributed by atoms with Gasteiger partial charge in [-0.1, -0.05) is 0 Å². The van der Waals surface area contributed by atoms with Gasteiger partial charge >= 0.3 is 0 Å². The van der Waals surface area contributed by atoms with E-state index in [1.165, 1.54) is 0 Å². The average Bonchev–Trinajstić information content (AvgIpc) is 2.63. The lowest BCUT2D eigenvalue weighted by atomic mass is 10.1. The molecule has 0 aliphatic carbocycles. The third-order valence-corrected chi connectivity index (χ3v) is 3.46. The summed E-state index contributed by atoms with van der Waals surface area (Å²) in [5.74, 6) is 0.162. The molecule has 2 aromatic rings. The average molecular weight is 311 g/mol. The highest BCUT2D eigenvalue weighted by molar-refractivity contribution is 9.10. The fourth-order valence-electron chi connectivity index (χ4n) is 1.53. The van der Waals surface area contributed by atoms with Crippen molar-refractivity contribution in [2.45, 2.75) is 19.8 Å². The van der Waals surface area contributed by atoms with E-state index in [1.54, 1.807) is 23.7 Å². The van der Waals surface area contributed by atoms with Crippen LogP contribution >= 0.6 is 27.3 Å². The van der Waals surface area contributed by atoms with E-state index in [4.69, 9.17) is 0 Å². The Labute approximate surface area is 112 Å². The highest BCUT2D eigenvalue weighted by Crippen LogP contribution is 2.12. The molecule has 0 spiro atoms. The molecule has 3 nitrogen and oxygen atoms in total. The first kappa shape index (κ1) is 12.4. The standard InChI is InChI=1S/C12H11BrN2OS/c1-8-15-11(7-17-8)4-12(16)3-9-2-10(13)6-14-5-9/h2,5-7H,3-4H2,1H3. The summed E-state index contributed by atoms with van der Waals surface area (Å²) >= 11 is 4.91. The number of hydrogen-bond acceptors (Lipinski definition) is 4. The Bertz CT molecular complexity index is 539. The molecule has 2 heterocycles. The van der Waals surface area contributed by atoms with Crippen molar-refractivity contribution in [3.63, 3.8) is 0 Å². The number of pyridine rings is 1. The van der Waals surface area contributed by atoms with E-state index in [2.05, 4.69) is 25.9 Å². The van der Waals surface area contributed by atoms with E-state index in [9.17, 15) is 4.79 Å². The summed E-state index contributed by atoms with van der Waals surface area (Å²) < 4.78 is 0.896. The number of thiazole rings is 1. The molecular formula is C12H11BrN2OS. The number of aryl methyl sites for hydroxylation is 1. The predicted octanol–water partition coefficient (Wildman–Crippen LogP) is 2.96. The molecule has 0 saturated heterocycles. The van der Waals surface area contributed by atoms with Crippen LogP contribution in [0.25, 0.3) is 0 Å². The highest BCUT2D eigenvalue weighted by atomic mass is 79.9. The van der Waals surface area contributed by atoms with E-state index in [0.29, 0.717) is 12.8 Å². The normalized spacial score (nSPS) is 10.5. The Morgan fingerprint density at radius 2 is 2.24 bits per heavy atom. The summed E-state index contributed by atoms with van der Waals surface area (Å²) in [6.07, 6.45) is 4.23. The quantitative estimate of drug-likeness (QED) is 0.872. The molecule has 0 N–H and O–H groups in total. The van der Waals surface area contributed by atoms with Gasteiger partial charge in [-0.25, -0.2) is 4.98 Å². The molecule has 17 heavy (non-hydrogen) atoms. The van der Waals surface area contributed by atoms with Crippen LogP contribution in [0.15, 0.2) is 28.3 Å². The fourth-order valence-corrected chi connectivity index (χ4v) is 2.56. The monoisotopic (exact) mass is 310 g/mol. The zero-order valence-electron chi connectivity index (χ0n) is 9.31. The van der Waals surface area contributed by atoms with Crippen molar-refractivity contribution in [1.82, 2.24) is 9.97 Å². The molecule has 0 bridgehead atoms. The van der Waals surface area contributed by atoms with E-state index in [1.807, 2.05) is 18.4 Å². The Kier molecular flexibility index (Phi) is 4.02. The summed E-state index contributed by atoms with van der Waals surface area (Å²) in [6, 6.07) is 1.91. The SMILES string of the molecule is Cc1nc(CC(=O)Cc2cncc(Br)c2)cs1. The Hall–Kier alpha value is -1.07. The van der Waals surface area contributed by atoms with E-state index in [-0.39, 0.29) is 5.78 Å². The van der Waals surface area contributed by atoms with Gasteiger partial charge in [0.15, 0.2) is 0 Å². The first-order chi connectivity index (χ1) is 8.13. The second-order valence-electron chi connectivity index (χ2n) is 3.76. The minimum Gasteiger partial charge on any atom is -0.299 e. The molecule has 5 heteroatoms. The van der Waals surface area contributed by atoms with Crippen LogP contribution in [0.3, 0.4) is 0 Å². The van der Waals surface area contributed by atoms with Crippen LogP contribution in [0, 0.1) is 6.92 Å². The maximum absolute atomic E-state index is 11.8. The lowest BCUT2D eigenvalue weighted by Gasteiger charge is -2.00. The van der Waals surface area contributed by atoms with Crippen LogP contribution < -0.4 is 0 Å². The largest absolute Gasteiger partial charge is 0.299 e. The van der Waals surface area contributed by atoms with Crippen LogP contribution in [-0.2, 0) is 17.6 Å². The number of nitrogens with zero attached hydrogens (tertiary/aromatic N) is 2. The van der Waals surface area contributed by atoms with Crippen molar-refractivity contribution < 1.29 is 4.79 Å². The second kappa shape index (κ2) is 5.51. The molecule has 88 valence electrons. The minimum atomic E-state index is 0.162. The number of hydrogen-bond donors (Lipinski definition) is 0. The summed E-state index contributed by atoms with van der Waals surface area (Å²) in [5.41, 5.74) is 1.79. The molecule has 0 unspecified atom stereocenters. The van der Waals surface area contributed by atoms with Crippen molar-refractivity contribution in [2.24, 2.45) is 0 Å². The first-order valence-electron chi connectivity index (χ1n) is 5.15. The Morgan fingerprint density at radius 1 is 1.41 bits per heavy atom. The summed E-state index contributed by atoms with van der Waals surface area (Å²) in [5, 5.41) is 2.93. The van der Waals surface area contributed by atoms with Crippen molar-refractivity contribution in [3.05, 3.63) is 44.6 Å². The number of rotatable bonds is 4. The van der Waals surface area contributed by atoms with Gasteiger partial charge in [0, 0.05) is 35.1 Å². The molecule has 0 fully saturated rings. The number of Topliss-reactive ketones (excluding diaryl/α,β-unsaturated/α-hetero) is 1. The first-order valence-corrected chi connectivity index (χ1v) is 6.83. The van der Waals surface area contributed by atoms with Crippen molar-refractivity contribution in [2.75, 3.05) is 0 Å². The third-order valence-electron chi connectivity index (χ3n) is 2.21. The Balaban J connectivity index is 1.98. The molecule has 0 aliphatic rings. The van der Waals surface area contributed by atoms with Gasteiger partial charge in [-0.05, 0) is 34.5 Å². The van der Waals surface area contributed by atoms with Gasteiger partial charge in [0.1, 0.15) is 5.78 Å². The molecule has 0 radical (unpaired) electrons. The predicted molar refractivity (Wildman–Crippen MR) is 71.2 cm³/mol. The number of halogens is 1. The van der Waals surface area contributed by atoms with Gasteiger partial charge in [0.05, 0.1) is 10.7 Å². The molecule has 0 saturated carbocycles. The van der Waals surface area contributed by atoms with Crippen LogP contribution in [0.5, 0.6) is 0 Å². The van der Waals surface area contributed by atoms with Crippen molar-refractivity contribution >= 4 is 33.0 Å². The highest BCUT2D eigenvalue weighted by Gasteiger charge is 2.08. The Morgan fingerprint density at radius 3 is 2.88 bits per heavy atom. The van der Waals surface area contributed by atoms with Gasteiger partial charge in [-0.3, -0.25) is 9.78 Å². The van der Waals surface area contributed by atoms with Gasteiger partial charge in [-0.15, -0.1) is 11.3 Å². The molecule has 0 amide bonds. The zero-order valence-corrected chi connectivity index (χ0v) is 11.7. The van der Waals surface area contributed by atoms with Crippen molar-refractivity contribution in [1.29, 1.82) is 0 Å². The fraction of sp³-hybridized carbons (Fsp3) is 0.250. The molecule has 0 atom stereocenters. The summed E-state index contributed by atoms with van der Waals surface area (Å²) in [4.78, 5) is 20.1. The maximum Gasteiger partial charge on any atom is 0.143 e. The molecular weight excluding hydrogens is 300 g/mol. The molecule has 0 aromatic carbocycles. The summed E-state index contributed by atoms with van der Waals surface area (Å²) in [7, 11) is 0. The summed E-state index contributed by atoms with van der Waals surface area (Å²) in [6.45, 7) is 1.94. The number of carbonyl (C=O) groups is 1. The van der Waals surface area contributed by atoms with E-state index < -0.39 is 0 Å². The molecule has 2 aromatic heterocycles. The van der Waals surface area contributed by atoms with Crippen LogP contribution in [0.4, 0.5) is 0 Å². The minimum absolute atomic E-state index is 0.162.